The number of carbonyl (C=O) groups is 3. The highest BCUT2D eigenvalue weighted by Gasteiger charge is 2.53. The van der Waals surface area contributed by atoms with Crippen LogP contribution in [0.5, 0.6) is 0 Å². The molecule has 0 bridgehead atoms. The number of carbonyl (C=O) groups excluding carboxylic acids is 2. The van der Waals surface area contributed by atoms with Gasteiger partial charge in [0, 0.05) is 27.0 Å². The standard InChI is InChI=1S/C25H23Cl2N5O4S3/c26-13-6-7-15(27)17(9-13)38-11-18(33)30-19-22(34)32-20(24(35)36)12(10-39-23(19)32)3-2-8-37-25-29-16-5-1-4-14(16)21(28)31-25/h2-3,6-7,9,19,23H,1,4-5,8,10-11H2,(H,30,33)(H,35,36)(H2,28,29,31)/t19-,23-/m1/s1. The third kappa shape index (κ3) is 6.04. The summed E-state index contributed by atoms with van der Waals surface area (Å²) in [6, 6.07) is 4.18. The fourth-order valence-electron chi connectivity index (χ4n) is 4.53. The average molecular weight is 625 g/mol. The van der Waals surface area contributed by atoms with Crippen molar-refractivity contribution >= 4 is 82.1 Å². The number of nitrogens with one attached hydrogen (secondary N) is 1. The van der Waals surface area contributed by atoms with Crippen molar-refractivity contribution in [2.75, 3.05) is 23.0 Å². The number of aryl methyl sites for hydroxylation is 1. The Kier molecular flexibility index (Phi) is 8.67. The minimum atomic E-state index is -1.19. The molecule has 2 atom stereocenters. The number of anilines is 1. The number of rotatable bonds is 9. The molecule has 5 rings (SSSR count). The van der Waals surface area contributed by atoms with Crippen molar-refractivity contribution in [1.82, 2.24) is 20.2 Å². The lowest BCUT2D eigenvalue weighted by atomic mass is 10.0. The number of nitrogen functional groups attached to an aromatic ring is 1. The van der Waals surface area contributed by atoms with Gasteiger partial charge in [0.15, 0.2) is 5.16 Å². The number of hydrogen-bond donors (Lipinski definition) is 3. The van der Waals surface area contributed by atoms with Gasteiger partial charge in [-0.15, -0.1) is 23.5 Å². The summed E-state index contributed by atoms with van der Waals surface area (Å²) < 4.78 is 0. The van der Waals surface area contributed by atoms with Gasteiger partial charge in [0.25, 0.3) is 5.91 Å². The molecule has 204 valence electrons. The van der Waals surface area contributed by atoms with E-state index in [4.69, 9.17) is 28.9 Å². The first kappa shape index (κ1) is 28.2. The van der Waals surface area contributed by atoms with Gasteiger partial charge in [-0.2, -0.15) is 0 Å². The number of nitrogens with two attached hydrogens (primary N) is 1. The summed E-state index contributed by atoms with van der Waals surface area (Å²) in [7, 11) is 0. The van der Waals surface area contributed by atoms with Crippen LogP contribution in [0.4, 0.5) is 5.82 Å². The van der Waals surface area contributed by atoms with E-state index in [1.165, 1.54) is 40.2 Å². The van der Waals surface area contributed by atoms with E-state index in [-0.39, 0.29) is 17.4 Å². The van der Waals surface area contributed by atoms with E-state index in [1.54, 1.807) is 24.3 Å². The Morgan fingerprint density at radius 3 is 2.87 bits per heavy atom. The molecular weight excluding hydrogens is 601 g/mol. The van der Waals surface area contributed by atoms with Crippen LogP contribution in [0.2, 0.25) is 10.0 Å². The zero-order valence-electron chi connectivity index (χ0n) is 20.4. The number of β-lactam (4-membered cyclic amide) rings is 1. The molecular formula is C25H23Cl2N5O4S3. The van der Waals surface area contributed by atoms with E-state index in [9.17, 15) is 19.5 Å². The van der Waals surface area contributed by atoms with Gasteiger partial charge in [0.1, 0.15) is 22.9 Å². The molecule has 0 unspecified atom stereocenters. The van der Waals surface area contributed by atoms with Gasteiger partial charge >= 0.3 is 5.97 Å². The molecule has 1 fully saturated rings. The van der Waals surface area contributed by atoms with Crippen molar-refractivity contribution in [3.8, 4) is 0 Å². The number of aromatic nitrogens is 2. The molecule has 2 amide bonds. The minimum Gasteiger partial charge on any atom is -0.477 e. The predicted octanol–water partition coefficient (Wildman–Crippen LogP) is 4.03. The molecule has 2 aromatic rings. The number of benzene rings is 1. The maximum atomic E-state index is 12.9. The van der Waals surface area contributed by atoms with Gasteiger partial charge in [-0.25, -0.2) is 14.8 Å². The number of carboxylic acid groups (broad SMARTS) is 1. The van der Waals surface area contributed by atoms with Crippen LogP contribution in [-0.2, 0) is 27.2 Å². The average Bonchev–Trinajstić information content (AvgIpc) is 3.39. The van der Waals surface area contributed by atoms with E-state index in [1.807, 2.05) is 6.08 Å². The van der Waals surface area contributed by atoms with Crippen LogP contribution < -0.4 is 11.1 Å². The number of aliphatic carboxylic acids is 1. The van der Waals surface area contributed by atoms with Crippen LogP contribution in [0, 0.1) is 0 Å². The number of carboxylic acids is 1. The van der Waals surface area contributed by atoms with Crippen molar-refractivity contribution in [3.05, 3.63) is 62.9 Å². The number of fused-ring (bicyclic) bond motifs is 2. The predicted molar refractivity (Wildman–Crippen MR) is 155 cm³/mol. The monoisotopic (exact) mass is 623 g/mol. The number of nitrogens with zero attached hydrogens (tertiary/aromatic N) is 3. The lowest BCUT2D eigenvalue weighted by molar-refractivity contribution is -0.150. The van der Waals surface area contributed by atoms with Gasteiger partial charge in [-0.05, 0) is 43.0 Å². The van der Waals surface area contributed by atoms with E-state index in [0.717, 1.165) is 30.5 Å². The first-order chi connectivity index (χ1) is 18.7. The second-order valence-electron chi connectivity index (χ2n) is 8.88. The van der Waals surface area contributed by atoms with Gasteiger partial charge in [-0.3, -0.25) is 14.5 Å². The molecule has 1 aliphatic carbocycles. The van der Waals surface area contributed by atoms with Gasteiger partial charge in [-0.1, -0.05) is 47.1 Å². The molecule has 1 saturated heterocycles. The Labute approximate surface area is 247 Å². The van der Waals surface area contributed by atoms with Crippen LogP contribution in [0.15, 0.2) is 51.7 Å². The molecule has 0 spiro atoms. The Morgan fingerprint density at radius 1 is 1.26 bits per heavy atom. The third-order valence-corrected chi connectivity index (χ3v) is 10.2. The molecule has 3 aliphatic rings. The Morgan fingerprint density at radius 2 is 2.08 bits per heavy atom. The molecule has 0 radical (unpaired) electrons. The number of thioether (sulfide) groups is 3. The molecule has 14 heteroatoms. The highest BCUT2D eigenvalue weighted by atomic mass is 35.5. The first-order valence-corrected chi connectivity index (χ1v) is 15.7. The van der Waals surface area contributed by atoms with Crippen molar-refractivity contribution < 1.29 is 19.5 Å². The summed E-state index contributed by atoms with van der Waals surface area (Å²) in [5, 5.41) is 13.7. The second-order valence-corrected chi connectivity index (χ2v) is 12.8. The summed E-state index contributed by atoms with van der Waals surface area (Å²) in [6.07, 6.45) is 6.40. The fourth-order valence-corrected chi connectivity index (χ4v) is 7.83. The molecule has 1 aromatic heterocycles. The summed E-state index contributed by atoms with van der Waals surface area (Å²) in [6.45, 7) is 0. The van der Waals surface area contributed by atoms with E-state index in [2.05, 4.69) is 15.3 Å². The summed E-state index contributed by atoms with van der Waals surface area (Å²) in [5.41, 5.74) is 8.57. The molecule has 9 nitrogen and oxygen atoms in total. The molecule has 2 aliphatic heterocycles. The number of hydrogen-bond acceptors (Lipinski definition) is 9. The number of amides is 2. The Balaban J connectivity index is 1.19. The van der Waals surface area contributed by atoms with Crippen LogP contribution >= 0.6 is 58.5 Å². The highest BCUT2D eigenvalue weighted by molar-refractivity contribution is 8.00. The van der Waals surface area contributed by atoms with Crippen molar-refractivity contribution in [2.24, 2.45) is 0 Å². The molecule has 3 heterocycles. The summed E-state index contributed by atoms with van der Waals surface area (Å²) in [5.74, 6) is -0.527. The van der Waals surface area contributed by atoms with Gasteiger partial charge < -0.3 is 16.2 Å². The fraction of sp³-hybridized carbons (Fsp3) is 0.320. The van der Waals surface area contributed by atoms with E-state index < -0.39 is 23.3 Å². The van der Waals surface area contributed by atoms with E-state index >= 15 is 0 Å². The van der Waals surface area contributed by atoms with Crippen molar-refractivity contribution in [2.45, 2.75) is 40.7 Å². The van der Waals surface area contributed by atoms with Crippen LogP contribution in [-0.4, -0.2) is 66.4 Å². The van der Waals surface area contributed by atoms with Crippen molar-refractivity contribution in [1.29, 1.82) is 0 Å². The number of allylic oxidation sites excluding steroid dienone is 1. The lowest BCUT2D eigenvalue weighted by Gasteiger charge is -2.49. The van der Waals surface area contributed by atoms with Crippen molar-refractivity contribution in [3.63, 3.8) is 0 Å². The second kappa shape index (κ2) is 12.0. The van der Waals surface area contributed by atoms with Gasteiger partial charge in [0.05, 0.1) is 16.5 Å². The largest absolute Gasteiger partial charge is 0.477 e. The number of halogens is 2. The SMILES string of the molecule is Nc1nc(SCC=CC2=C(C(=O)O)N3C(=O)[C@@H](NC(=O)CSc4cc(Cl)ccc4Cl)[C@H]3SC2)nc2c1CCC2. The third-order valence-electron chi connectivity index (χ3n) is 6.34. The Bertz CT molecular complexity index is 1420. The lowest BCUT2D eigenvalue weighted by Crippen LogP contribution is -2.70. The summed E-state index contributed by atoms with van der Waals surface area (Å²) in [4.78, 5) is 48.4. The van der Waals surface area contributed by atoms with Crippen LogP contribution in [0.1, 0.15) is 17.7 Å². The quantitative estimate of drug-likeness (QED) is 0.213. The maximum Gasteiger partial charge on any atom is 0.352 e. The Hall–Kier alpha value is -2.38. The topological polar surface area (TPSA) is 139 Å². The molecule has 1 aromatic carbocycles. The first-order valence-electron chi connectivity index (χ1n) is 12.0. The normalized spacial score (nSPS) is 20.2. The van der Waals surface area contributed by atoms with E-state index in [0.29, 0.717) is 43.0 Å². The van der Waals surface area contributed by atoms with Crippen LogP contribution in [0.25, 0.3) is 0 Å². The molecule has 4 N–H and O–H groups in total. The molecule has 0 saturated carbocycles. The highest BCUT2D eigenvalue weighted by Crippen LogP contribution is 2.41. The minimum absolute atomic E-state index is 0.0358. The summed E-state index contributed by atoms with van der Waals surface area (Å²) >= 11 is 16.2. The molecule has 39 heavy (non-hydrogen) atoms. The maximum absolute atomic E-state index is 12.9. The zero-order chi connectivity index (χ0) is 27.7. The van der Waals surface area contributed by atoms with Crippen LogP contribution in [0.3, 0.4) is 0 Å². The van der Waals surface area contributed by atoms with Gasteiger partial charge in [0.2, 0.25) is 5.91 Å². The smallest absolute Gasteiger partial charge is 0.352 e. The zero-order valence-corrected chi connectivity index (χ0v) is 24.3.